The van der Waals surface area contributed by atoms with Crippen LogP contribution in [0.15, 0.2) is 18.2 Å². The van der Waals surface area contributed by atoms with Crippen LogP contribution in [0.25, 0.3) is 0 Å². The molecule has 0 heterocycles. The summed E-state index contributed by atoms with van der Waals surface area (Å²) in [6.45, 7) is 6.04. The smallest absolute Gasteiger partial charge is 0.125 e. The van der Waals surface area contributed by atoms with Crippen molar-refractivity contribution in [1.29, 1.82) is 0 Å². The molecule has 1 rings (SSSR count). The Morgan fingerprint density at radius 2 is 2.05 bits per heavy atom. The molecule has 19 heavy (non-hydrogen) atoms. The third-order valence-electron chi connectivity index (χ3n) is 3.30. The van der Waals surface area contributed by atoms with E-state index in [1.54, 1.807) is 0 Å². The van der Waals surface area contributed by atoms with E-state index in [1.165, 1.54) is 11.1 Å². The fourth-order valence-corrected chi connectivity index (χ4v) is 2.06. The maximum Gasteiger partial charge on any atom is 0.125 e. The van der Waals surface area contributed by atoms with Crippen LogP contribution >= 0.6 is 0 Å². The summed E-state index contributed by atoms with van der Waals surface area (Å²) in [4.78, 5) is 2.18. The number of nitrogens with two attached hydrogens (primary N) is 1. The van der Waals surface area contributed by atoms with Crippen LogP contribution in [0.2, 0.25) is 0 Å². The number of hydrogen-bond donors (Lipinski definition) is 1. The van der Waals surface area contributed by atoms with Gasteiger partial charge in [-0.15, -0.1) is 0 Å². The summed E-state index contributed by atoms with van der Waals surface area (Å²) in [5.74, 6) is 1.03. The van der Waals surface area contributed by atoms with E-state index in [1.807, 2.05) is 0 Å². The molecular formula is C16H28N2O. The topological polar surface area (TPSA) is 38.5 Å². The Morgan fingerprint density at radius 3 is 2.68 bits per heavy atom. The summed E-state index contributed by atoms with van der Waals surface area (Å²) in [5, 5.41) is 0. The first-order valence-electron chi connectivity index (χ1n) is 7.16. The van der Waals surface area contributed by atoms with Crippen molar-refractivity contribution < 1.29 is 4.74 Å². The van der Waals surface area contributed by atoms with E-state index in [9.17, 15) is 0 Å². The van der Waals surface area contributed by atoms with E-state index in [0.717, 1.165) is 38.2 Å². The Labute approximate surface area is 117 Å². The van der Waals surface area contributed by atoms with Gasteiger partial charge < -0.3 is 15.4 Å². The van der Waals surface area contributed by atoms with Crippen molar-refractivity contribution in [3.8, 4) is 5.75 Å². The monoisotopic (exact) mass is 264 g/mol. The summed E-state index contributed by atoms with van der Waals surface area (Å²) >= 11 is 0. The van der Waals surface area contributed by atoms with Crippen molar-refractivity contribution in [1.82, 2.24) is 4.90 Å². The summed E-state index contributed by atoms with van der Waals surface area (Å²) in [7, 11) is 4.17. The van der Waals surface area contributed by atoms with Gasteiger partial charge in [0.1, 0.15) is 5.75 Å². The van der Waals surface area contributed by atoms with Crippen molar-refractivity contribution in [2.75, 3.05) is 27.2 Å². The number of ether oxygens (including phenoxy) is 1. The molecule has 0 spiro atoms. The molecule has 1 unspecified atom stereocenters. The zero-order valence-electron chi connectivity index (χ0n) is 12.8. The van der Waals surface area contributed by atoms with Crippen LogP contribution in [0, 0.1) is 6.92 Å². The van der Waals surface area contributed by atoms with Gasteiger partial charge in [0.25, 0.3) is 0 Å². The Bertz CT molecular complexity index is 377. The van der Waals surface area contributed by atoms with Gasteiger partial charge in [-0.25, -0.2) is 0 Å². The molecular weight excluding hydrogens is 236 g/mol. The number of para-hydroxylation sites is 1. The lowest BCUT2D eigenvalue weighted by atomic mass is 10.0. The minimum Gasteiger partial charge on any atom is -0.493 e. The predicted molar refractivity (Wildman–Crippen MR) is 81.8 cm³/mol. The molecule has 0 radical (unpaired) electrons. The number of benzene rings is 1. The van der Waals surface area contributed by atoms with Gasteiger partial charge in [0.15, 0.2) is 0 Å². The van der Waals surface area contributed by atoms with Gasteiger partial charge in [0, 0.05) is 12.6 Å². The first kappa shape index (κ1) is 16.0. The van der Waals surface area contributed by atoms with Crippen LogP contribution in [0.3, 0.4) is 0 Å². The van der Waals surface area contributed by atoms with Gasteiger partial charge in [-0.05, 0) is 51.4 Å². The molecule has 0 saturated heterocycles. The summed E-state index contributed by atoms with van der Waals surface area (Å²) < 4.78 is 5.98. The number of nitrogens with zero attached hydrogens (tertiary/aromatic N) is 1. The maximum absolute atomic E-state index is 6.06. The average molecular weight is 264 g/mol. The minimum absolute atomic E-state index is 0.214. The van der Waals surface area contributed by atoms with Crippen molar-refractivity contribution in [2.24, 2.45) is 5.73 Å². The van der Waals surface area contributed by atoms with Gasteiger partial charge in [-0.1, -0.05) is 25.1 Å². The highest BCUT2D eigenvalue weighted by Gasteiger charge is 2.10. The molecule has 1 aromatic carbocycles. The van der Waals surface area contributed by atoms with E-state index in [-0.39, 0.29) is 6.04 Å². The summed E-state index contributed by atoms with van der Waals surface area (Å²) in [5.41, 5.74) is 8.49. The van der Waals surface area contributed by atoms with Crippen LogP contribution in [0.4, 0.5) is 0 Å². The van der Waals surface area contributed by atoms with E-state index >= 15 is 0 Å². The van der Waals surface area contributed by atoms with E-state index in [2.05, 4.69) is 51.0 Å². The normalized spacial score (nSPS) is 12.7. The second kappa shape index (κ2) is 8.18. The molecule has 2 N–H and O–H groups in total. The first-order chi connectivity index (χ1) is 9.04. The van der Waals surface area contributed by atoms with Crippen LogP contribution in [0.1, 0.15) is 30.9 Å². The quantitative estimate of drug-likeness (QED) is 0.734. The molecule has 0 aliphatic rings. The van der Waals surface area contributed by atoms with Crippen molar-refractivity contribution in [3.63, 3.8) is 0 Å². The fourth-order valence-electron chi connectivity index (χ4n) is 2.06. The molecule has 0 saturated carbocycles. The number of aryl methyl sites for hydroxylation is 1. The second-order valence-electron chi connectivity index (χ2n) is 5.44. The van der Waals surface area contributed by atoms with E-state index in [4.69, 9.17) is 10.5 Å². The van der Waals surface area contributed by atoms with Crippen molar-refractivity contribution in [3.05, 3.63) is 29.3 Å². The van der Waals surface area contributed by atoms with Gasteiger partial charge in [0.05, 0.1) is 6.61 Å². The van der Waals surface area contributed by atoms with Crippen molar-refractivity contribution in [2.45, 2.75) is 39.2 Å². The Hall–Kier alpha value is -1.06. The molecule has 108 valence electrons. The minimum atomic E-state index is 0.214. The molecule has 3 nitrogen and oxygen atoms in total. The highest BCUT2D eigenvalue weighted by atomic mass is 16.5. The Morgan fingerprint density at radius 1 is 1.32 bits per heavy atom. The van der Waals surface area contributed by atoms with Gasteiger partial charge in [0.2, 0.25) is 0 Å². The standard InChI is InChI=1S/C16H28N2O/c1-5-15(17)12-14-9-6-8-13(2)16(14)19-11-7-10-18(3)4/h6,8-9,15H,5,7,10-12,17H2,1-4H3. The van der Waals surface area contributed by atoms with E-state index < -0.39 is 0 Å². The molecule has 0 aliphatic heterocycles. The van der Waals surface area contributed by atoms with Gasteiger partial charge >= 0.3 is 0 Å². The lowest BCUT2D eigenvalue weighted by Crippen LogP contribution is -2.22. The Kier molecular flexibility index (Phi) is 6.89. The molecule has 3 heteroatoms. The maximum atomic E-state index is 6.06. The zero-order chi connectivity index (χ0) is 14.3. The van der Waals surface area contributed by atoms with Crippen LogP contribution < -0.4 is 10.5 Å². The first-order valence-corrected chi connectivity index (χ1v) is 7.16. The lowest BCUT2D eigenvalue weighted by Gasteiger charge is -2.17. The third kappa shape index (κ3) is 5.62. The highest BCUT2D eigenvalue weighted by molar-refractivity contribution is 5.41. The largest absolute Gasteiger partial charge is 0.493 e. The molecule has 0 bridgehead atoms. The Balaban J connectivity index is 2.64. The molecule has 0 fully saturated rings. The SMILES string of the molecule is CCC(N)Cc1cccc(C)c1OCCCN(C)C. The van der Waals surface area contributed by atoms with Crippen LogP contribution in [-0.4, -0.2) is 38.2 Å². The molecule has 0 amide bonds. The lowest BCUT2D eigenvalue weighted by molar-refractivity contribution is 0.277. The van der Waals surface area contributed by atoms with Crippen LogP contribution in [0.5, 0.6) is 5.75 Å². The van der Waals surface area contributed by atoms with E-state index in [0.29, 0.717) is 0 Å². The number of hydrogen-bond acceptors (Lipinski definition) is 3. The third-order valence-corrected chi connectivity index (χ3v) is 3.30. The second-order valence-corrected chi connectivity index (χ2v) is 5.44. The van der Waals surface area contributed by atoms with Crippen LogP contribution in [-0.2, 0) is 6.42 Å². The number of rotatable bonds is 8. The predicted octanol–water partition coefficient (Wildman–Crippen LogP) is 2.61. The fraction of sp³-hybridized carbons (Fsp3) is 0.625. The highest BCUT2D eigenvalue weighted by Crippen LogP contribution is 2.25. The van der Waals surface area contributed by atoms with Gasteiger partial charge in [-0.3, -0.25) is 0 Å². The summed E-state index contributed by atoms with van der Waals surface area (Å²) in [6, 6.07) is 6.53. The molecule has 1 aromatic rings. The molecule has 0 aliphatic carbocycles. The molecule has 1 atom stereocenters. The van der Waals surface area contributed by atoms with Crippen molar-refractivity contribution >= 4 is 0 Å². The van der Waals surface area contributed by atoms with Gasteiger partial charge in [-0.2, -0.15) is 0 Å². The summed E-state index contributed by atoms with van der Waals surface area (Å²) in [6.07, 6.45) is 2.93. The zero-order valence-corrected chi connectivity index (χ0v) is 12.8. The molecule has 0 aromatic heterocycles. The average Bonchev–Trinajstić information content (AvgIpc) is 2.36.